The molecule has 4 aromatic heterocycles. The van der Waals surface area contributed by atoms with Crippen molar-refractivity contribution < 1.29 is 9.90 Å². The van der Waals surface area contributed by atoms with E-state index in [0.29, 0.717) is 40.0 Å². The lowest BCUT2D eigenvalue weighted by Gasteiger charge is -2.13. The minimum atomic E-state index is -0.503. The van der Waals surface area contributed by atoms with Crippen LogP contribution in [0.3, 0.4) is 0 Å². The summed E-state index contributed by atoms with van der Waals surface area (Å²) in [5.74, 6) is -0.248. The number of aromatic nitrogens is 5. The first-order chi connectivity index (χ1) is 16.0. The van der Waals surface area contributed by atoms with Crippen molar-refractivity contribution >= 4 is 29.0 Å². The number of hydrogen-bond acceptors (Lipinski definition) is 7. The molecule has 0 atom stereocenters. The predicted octanol–water partition coefficient (Wildman–Crippen LogP) is 0.803. The van der Waals surface area contributed by atoms with Gasteiger partial charge in [0, 0.05) is 24.4 Å². The molecule has 5 heterocycles. The van der Waals surface area contributed by atoms with E-state index in [1.165, 1.54) is 11.3 Å². The second-order valence-corrected chi connectivity index (χ2v) is 9.11. The van der Waals surface area contributed by atoms with Gasteiger partial charge in [0.25, 0.3) is 5.91 Å². The van der Waals surface area contributed by atoms with Crippen LogP contribution in [0.1, 0.15) is 28.2 Å². The van der Waals surface area contributed by atoms with Crippen molar-refractivity contribution in [2.75, 3.05) is 13.1 Å². The van der Waals surface area contributed by atoms with Crippen molar-refractivity contribution in [1.82, 2.24) is 29.5 Å². The quantitative estimate of drug-likeness (QED) is 0.387. The van der Waals surface area contributed by atoms with Gasteiger partial charge in [-0.2, -0.15) is 9.61 Å². The van der Waals surface area contributed by atoms with Crippen LogP contribution in [0.15, 0.2) is 46.3 Å². The number of fused-ring (bicyclic) bond motifs is 1. The summed E-state index contributed by atoms with van der Waals surface area (Å²) in [4.78, 5) is 42.0. The Bertz CT molecular complexity index is 1590. The fourth-order valence-electron chi connectivity index (χ4n) is 3.71. The number of aromatic hydroxyl groups is 1. The molecule has 1 aliphatic carbocycles. The van der Waals surface area contributed by atoms with Gasteiger partial charge in [0.15, 0.2) is 11.1 Å². The molecule has 0 bridgehead atoms. The van der Waals surface area contributed by atoms with Gasteiger partial charge in [-0.05, 0) is 31.1 Å². The van der Waals surface area contributed by atoms with Gasteiger partial charge in [-0.15, -0.1) is 11.3 Å². The monoisotopic (exact) mass is 461 g/mol. The lowest BCUT2D eigenvalue weighted by molar-refractivity contribution is 0.0804. The van der Waals surface area contributed by atoms with Crippen LogP contribution in [0.4, 0.5) is 0 Å². The number of hydrogen-bond donors (Lipinski definition) is 3. The predicted molar refractivity (Wildman–Crippen MR) is 122 cm³/mol. The largest absolute Gasteiger partial charge is 0.493 e. The van der Waals surface area contributed by atoms with Gasteiger partial charge < -0.3 is 15.0 Å². The molecule has 2 aliphatic rings. The van der Waals surface area contributed by atoms with E-state index in [1.807, 2.05) is 30.4 Å². The van der Waals surface area contributed by atoms with E-state index in [-0.39, 0.29) is 23.5 Å². The Hall–Kier alpha value is -3.99. The van der Waals surface area contributed by atoms with Gasteiger partial charge >= 0.3 is 5.69 Å². The topological polar surface area (TPSA) is 132 Å². The number of amides is 1. The number of thiophene rings is 1. The lowest BCUT2D eigenvalue weighted by atomic mass is 10.3. The Morgan fingerprint density at radius 2 is 2.06 bits per heavy atom. The van der Waals surface area contributed by atoms with Crippen LogP contribution in [-0.2, 0) is 0 Å². The Labute approximate surface area is 190 Å². The molecule has 1 fully saturated rings. The Balaban J connectivity index is 1.48. The number of nitrogens with one attached hydrogen (secondary N) is 2. The standard InChI is InChI=1S/C22H19N7O3S/c30-20-15(26-22(32)27-20)9-12-11-23-29-18(24-13-3-4-13)10-14(25-19(12)29)16-5-6-17(33-16)21(31)28-7-1-2-8-28/h1-2,5-6,9-11,13,30H,3-4,7-8H2,(H2,26,27,32). The lowest BCUT2D eigenvalue weighted by Crippen LogP contribution is -2.27. The molecule has 166 valence electrons. The molecule has 4 aromatic rings. The van der Waals surface area contributed by atoms with Gasteiger partial charge in [0.1, 0.15) is 5.69 Å². The highest BCUT2D eigenvalue weighted by atomic mass is 32.1. The SMILES string of the molecule is O=C(c1ccc(-c2cc(=NC3CC3)n3ncc(=Cc4[nH]c(=O)[nH]c4O)c3n2)s1)N1CC=CC1. The molecule has 1 saturated carbocycles. The highest BCUT2D eigenvalue weighted by Crippen LogP contribution is 2.28. The number of carbonyl (C=O) groups excluding carboxylic acids is 1. The second kappa shape index (κ2) is 7.55. The number of rotatable bonds is 4. The van der Waals surface area contributed by atoms with E-state index < -0.39 is 5.69 Å². The molecular weight excluding hydrogens is 442 g/mol. The summed E-state index contributed by atoms with van der Waals surface area (Å²) < 4.78 is 1.66. The fourth-order valence-corrected chi connectivity index (χ4v) is 4.65. The van der Waals surface area contributed by atoms with Gasteiger partial charge in [-0.1, -0.05) is 12.2 Å². The van der Waals surface area contributed by atoms with Crippen LogP contribution >= 0.6 is 11.3 Å². The second-order valence-electron chi connectivity index (χ2n) is 8.03. The zero-order valence-corrected chi connectivity index (χ0v) is 18.2. The van der Waals surface area contributed by atoms with Gasteiger partial charge in [-0.3, -0.25) is 14.8 Å². The molecule has 0 unspecified atom stereocenters. The molecule has 6 rings (SSSR count). The third-order valence-corrected chi connectivity index (χ3v) is 6.65. The van der Waals surface area contributed by atoms with Crippen LogP contribution < -0.4 is 16.4 Å². The molecule has 10 nitrogen and oxygen atoms in total. The molecular formula is C22H19N7O3S. The summed E-state index contributed by atoms with van der Waals surface area (Å²) in [6.07, 6.45) is 9.28. The van der Waals surface area contributed by atoms with Crippen LogP contribution in [0.2, 0.25) is 0 Å². The van der Waals surface area contributed by atoms with Crippen molar-refractivity contribution in [3.63, 3.8) is 0 Å². The number of aromatic amines is 2. The zero-order valence-electron chi connectivity index (χ0n) is 17.4. The van der Waals surface area contributed by atoms with Crippen LogP contribution in [0.25, 0.3) is 22.3 Å². The van der Waals surface area contributed by atoms with Gasteiger partial charge in [0.2, 0.25) is 5.88 Å². The summed E-state index contributed by atoms with van der Waals surface area (Å²) in [6, 6.07) is 5.88. The Morgan fingerprint density at radius 1 is 1.24 bits per heavy atom. The summed E-state index contributed by atoms with van der Waals surface area (Å²) in [5, 5.41) is 15.0. The van der Waals surface area contributed by atoms with Crippen molar-refractivity contribution in [3.05, 3.63) is 68.3 Å². The first kappa shape index (κ1) is 19.7. The average Bonchev–Trinajstić information content (AvgIpc) is 3.25. The van der Waals surface area contributed by atoms with Crippen LogP contribution in [0, 0.1) is 0 Å². The number of carbonyl (C=O) groups is 1. The van der Waals surface area contributed by atoms with Crippen molar-refractivity contribution in [2.24, 2.45) is 4.99 Å². The van der Waals surface area contributed by atoms with Crippen LogP contribution in [0.5, 0.6) is 5.88 Å². The molecule has 0 radical (unpaired) electrons. The zero-order chi connectivity index (χ0) is 22.5. The first-order valence-corrected chi connectivity index (χ1v) is 11.4. The number of nitrogens with zero attached hydrogens (tertiary/aromatic N) is 5. The van der Waals surface area contributed by atoms with Gasteiger partial charge in [-0.25, -0.2) is 9.78 Å². The normalized spacial score (nSPS) is 17.0. The molecule has 33 heavy (non-hydrogen) atoms. The molecule has 1 amide bonds. The average molecular weight is 462 g/mol. The molecule has 1 aliphatic heterocycles. The third kappa shape index (κ3) is 3.65. The van der Waals surface area contributed by atoms with Crippen molar-refractivity contribution in [1.29, 1.82) is 0 Å². The molecule has 0 aromatic carbocycles. The highest BCUT2D eigenvalue weighted by Gasteiger charge is 2.22. The Kier molecular flexibility index (Phi) is 4.50. The Morgan fingerprint density at radius 3 is 2.79 bits per heavy atom. The first-order valence-electron chi connectivity index (χ1n) is 10.6. The van der Waals surface area contributed by atoms with E-state index in [2.05, 4.69) is 15.1 Å². The maximum absolute atomic E-state index is 12.8. The molecule has 11 heteroatoms. The number of H-pyrrole nitrogens is 2. The van der Waals surface area contributed by atoms with Crippen molar-refractivity contribution in [3.8, 4) is 16.5 Å². The fraction of sp³-hybridized carbons (Fsp3) is 0.227. The smallest absolute Gasteiger partial charge is 0.326 e. The van der Waals surface area contributed by atoms with E-state index in [0.717, 1.165) is 17.7 Å². The summed E-state index contributed by atoms with van der Waals surface area (Å²) >= 11 is 1.40. The highest BCUT2D eigenvalue weighted by molar-refractivity contribution is 7.17. The van der Waals surface area contributed by atoms with Crippen LogP contribution in [-0.4, -0.2) is 59.6 Å². The molecule has 3 N–H and O–H groups in total. The van der Waals surface area contributed by atoms with E-state index >= 15 is 0 Å². The summed E-state index contributed by atoms with van der Waals surface area (Å²) in [6.45, 7) is 1.26. The van der Waals surface area contributed by atoms with Gasteiger partial charge in [0.05, 0.1) is 27.7 Å². The van der Waals surface area contributed by atoms with Crippen molar-refractivity contribution in [2.45, 2.75) is 18.9 Å². The summed E-state index contributed by atoms with van der Waals surface area (Å²) in [5.41, 5.74) is 1.64. The minimum absolute atomic E-state index is 0.00508. The maximum Gasteiger partial charge on any atom is 0.326 e. The summed E-state index contributed by atoms with van der Waals surface area (Å²) in [7, 11) is 0. The number of imidazole rings is 1. The molecule has 0 spiro atoms. The van der Waals surface area contributed by atoms with E-state index in [1.54, 1.807) is 21.7 Å². The third-order valence-electron chi connectivity index (χ3n) is 5.55. The maximum atomic E-state index is 12.8. The van der Waals surface area contributed by atoms with E-state index in [4.69, 9.17) is 9.98 Å². The van der Waals surface area contributed by atoms with E-state index in [9.17, 15) is 14.7 Å². The minimum Gasteiger partial charge on any atom is -0.493 e. The molecule has 0 saturated heterocycles.